The summed E-state index contributed by atoms with van der Waals surface area (Å²) in [6.07, 6.45) is -2.32. The molecule has 2 aliphatic heterocycles. The number of fused-ring (bicyclic) bond motifs is 1. The highest BCUT2D eigenvalue weighted by molar-refractivity contribution is 5.98. The molecule has 2 aliphatic rings. The Kier molecular flexibility index (Phi) is 9.50. The van der Waals surface area contributed by atoms with Gasteiger partial charge in [0.05, 0.1) is 11.5 Å². The predicted molar refractivity (Wildman–Crippen MR) is 157 cm³/mol. The Morgan fingerprint density at radius 3 is 2.46 bits per heavy atom. The van der Waals surface area contributed by atoms with Crippen molar-refractivity contribution in [2.45, 2.75) is 51.7 Å². The maximum absolute atomic E-state index is 13.5. The largest absolute Gasteiger partial charge is 0.504 e. The fraction of sp³-hybridized carbons (Fsp3) is 0.333. The number of aromatic nitrogens is 1. The van der Waals surface area contributed by atoms with Gasteiger partial charge in [-0.3, -0.25) is 14.4 Å². The van der Waals surface area contributed by atoms with Crippen molar-refractivity contribution in [3.05, 3.63) is 89.2 Å². The Morgan fingerprint density at radius 2 is 1.72 bits per heavy atom. The summed E-state index contributed by atoms with van der Waals surface area (Å²) in [4.78, 5) is 69.1. The lowest BCUT2D eigenvalue weighted by molar-refractivity contribution is -0.176. The van der Waals surface area contributed by atoms with Crippen molar-refractivity contribution in [3.63, 3.8) is 0 Å². The van der Waals surface area contributed by atoms with Crippen molar-refractivity contribution < 1.29 is 52.8 Å². The van der Waals surface area contributed by atoms with Gasteiger partial charge in [0.15, 0.2) is 29.3 Å². The van der Waals surface area contributed by atoms with Crippen molar-refractivity contribution in [1.29, 1.82) is 0 Å². The third kappa shape index (κ3) is 6.93. The molecule has 0 aliphatic carbocycles. The zero-order valence-corrected chi connectivity index (χ0v) is 25.2. The number of rotatable bonds is 8. The highest BCUT2D eigenvalue weighted by atomic mass is 16.7. The van der Waals surface area contributed by atoms with Gasteiger partial charge in [-0.1, -0.05) is 62.4 Å². The molecule has 1 aromatic heterocycles. The molecule has 13 nitrogen and oxygen atoms in total. The Balaban J connectivity index is 1.38. The van der Waals surface area contributed by atoms with Gasteiger partial charge in [-0.05, 0) is 25.0 Å². The molecule has 2 N–H and O–H groups in total. The van der Waals surface area contributed by atoms with Crippen LogP contribution in [0.1, 0.15) is 59.0 Å². The lowest BCUT2D eigenvalue weighted by Crippen LogP contribution is -2.47. The van der Waals surface area contributed by atoms with Crippen molar-refractivity contribution in [1.82, 2.24) is 10.3 Å². The van der Waals surface area contributed by atoms with Crippen LogP contribution in [-0.2, 0) is 39.8 Å². The third-order valence-electron chi connectivity index (χ3n) is 7.44. The number of carbonyl (C=O) groups excluding carboxylic acids is 5. The second kappa shape index (κ2) is 13.7. The summed E-state index contributed by atoms with van der Waals surface area (Å²) < 4.78 is 27.8. The Hall–Kier alpha value is -5.46. The molecule has 5 rings (SSSR count). The van der Waals surface area contributed by atoms with Crippen molar-refractivity contribution in [2.24, 2.45) is 11.8 Å². The molecule has 1 fully saturated rings. The van der Waals surface area contributed by atoms with Gasteiger partial charge < -0.3 is 34.1 Å². The predicted octanol–water partition coefficient (Wildman–Crippen LogP) is 3.05. The minimum absolute atomic E-state index is 0.122. The van der Waals surface area contributed by atoms with E-state index in [1.807, 2.05) is 6.07 Å². The molecule has 240 valence electrons. The van der Waals surface area contributed by atoms with E-state index in [4.69, 9.17) is 23.7 Å². The zero-order chi connectivity index (χ0) is 33.0. The van der Waals surface area contributed by atoms with Crippen LogP contribution < -0.4 is 10.1 Å². The van der Waals surface area contributed by atoms with Gasteiger partial charge in [0, 0.05) is 17.8 Å². The smallest absolute Gasteiger partial charge is 0.342 e. The number of nitrogens with zero attached hydrogens (tertiary/aromatic N) is 1. The van der Waals surface area contributed by atoms with E-state index in [1.54, 1.807) is 62.4 Å². The van der Waals surface area contributed by atoms with E-state index >= 15 is 0 Å². The molecule has 1 saturated heterocycles. The molecule has 0 bridgehead atoms. The number of ether oxygens (including phenoxy) is 5. The number of hydrogen-bond donors (Lipinski definition) is 2. The van der Waals surface area contributed by atoms with Crippen molar-refractivity contribution >= 4 is 29.8 Å². The first-order valence-electron chi connectivity index (χ1n) is 14.6. The summed E-state index contributed by atoms with van der Waals surface area (Å²) in [6.45, 7) is 4.13. The number of amides is 1. The number of nitrogens with one attached hydrogen (secondary N) is 1. The number of cyclic esters (lactones) is 3. The molecule has 5 atom stereocenters. The summed E-state index contributed by atoms with van der Waals surface area (Å²) >= 11 is 0. The first kappa shape index (κ1) is 31.9. The molecule has 46 heavy (non-hydrogen) atoms. The van der Waals surface area contributed by atoms with E-state index in [-0.39, 0.29) is 12.0 Å². The first-order valence-corrected chi connectivity index (χ1v) is 14.6. The molecule has 0 saturated carbocycles. The van der Waals surface area contributed by atoms with Gasteiger partial charge in [0.1, 0.15) is 18.6 Å². The Morgan fingerprint density at radius 1 is 1.00 bits per heavy atom. The Labute approximate surface area is 263 Å². The van der Waals surface area contributed by atoms with Crippen LogP contribution in [-0.4, -0.2) is 64.7 Å². The summed E-state index contributed by atoms with van der Waals surface area (Å²) in [5.74, 6) is -6.44. The number of pyridine rings is 1. The highest BCUT2D eigenvalue weighted by Gasteiger charge is 2.42. The molecule has 3 aromatic rings. The monoisotopic (exact) mass is 632 g/mol. The quantitative estimate of drug-likeness (QED) is 0.275. The fourth-order valence-electron chi connectivity index (χ4n) is 5.00. The normalized spacial score (nSPS) is 22.7. The van der Waals surface area contributed by atoms with Crippen LogP contribution in [0.15, 0.2) is 66.9 Å². The third-order valence-corrected chi connectivity index (χ3v) is 7.44. The summed E-state index contributed by atoms with van der Waals surface area (Å²) in [7, 11) is 0. The standard InChI is InChI=1S/C33H32N2O11/c1-17(2)29(38)44-26-18(3)43-32(41)23(16-42-30(39)22(26)15-19-9-5-4-6-10-19)35-28(37)25-27(24(36)13-14-34-25)45-33-21-12-8-7-11-20(21)31(40)46-33/h4-14,17-18,22-23,26,33H,15-16H2,1-3H3,(H,34,36)(H,35,37)/t18-,22+,23?,26?,33?/m0/s1. The lowest BCUT2D eigenvalue weighted by Gasteiger charge is -2.29. The van der Waals surface area contributed by atoms with Gasteiger partial charge in [-0.15, -0.1) is 0 Å². The van der Waals surface area contributed by atoms with Gasteiger partial charge in [-0.25, -0.2) is 14.6 Å². The van der Waals surface area contributed by atoms with E-state index in [0.29, 0.717) is 5.56 Å². The average molecular weight is 633 g/mol. The number of aromatic hydroxyl groups is 1. The molecule has 0 radical (unpaired) electrons. The average Bonchev–Trinajstić information content (AvgIpc) is 3.37. The molecule has 3 unspecified atom stereocenters. The molecule has 0 spiro atoms. The van der Waals surface area contributed by atoms with E-state index in [0.717, 1.165) is 17.8 Å². The first-order chi connectivity index (χ1) is 22.0. The number of carbonyl (C=O) groups is 5. The van der Waals surface area contributed by atoms with Crippen LogP contribution >= 0.6 is 0 Å². The van der Waals surface area contributed by atoms with Crippen LogP contribution in [0, 0.1) is 11.8 Å². The van der Waals surface area contributed by atoms with Crippen LogP contribution in [0.5, 0.6) is 11.5 Å². The maximum Gasteiger partial charge on any atom is 0.342 e. The number of benzene rings is 2. The molecule has 3 heterocycles. The van der Waals surface area contributed by atoms with Gasteiger partial charge in [-0.2, -0.15) is 0 Å². The van der Waals surface area contributed by atoms with E-state index in [2.05, 4.69) is 10.3 Å². The molecular formula is C33H32N2O11. The van der Waals surface area contributed by atoms with Crippen LogP contribution in [0.25, 0.3) is 0 Å². The lowest BCUT2D eigenvalue weighted by atomic mass is 9.91. The number of esters is 4. The molecule has 13 heteroatoms. The zero-order valence-electron chi connectivity index (χ0n) is 25.2. The summed E-state index contributed by atoms with van der Waals surface area (Å²) in [5.41, 5.74) is 0.948. The minimum Gasteiger partial charge on any atom is -0.504 e. The van der Waals surface area contributed by atoms with Gasteiger partial charge in [0.25, 0.3) is 12.2 Å². The summed E-state index contributed by atoms with van der Waals surface area (Å²) in [6, 6.07) is 15.1. The van der Waals surface area contributed by atoms with Crippen molar-refractivity contribution in [3.8, 4) is 11.5 Å². The minimum atomic E-state index is -1.52. The Bertz CT molecular complexity index is 1640. The van der Waals surface area contributed by atoms with E-state index < -0.39 is 90.0 Å². The maximum atomic E-state index is 13.5. The number of hydrogen-bond acceptors (Lipinski definition) is 12. The SMILES string of the molecule is CC(C)C(=O)OC1[C@H](C)OC(=O)C(NC(=O)c2nccc(O)c2OC2OC(=O)c3ccccc32)COC(=O)[C@@H]1Cc1ccccc1. The van der Waals surface area contributed by atoms with Crippen molar-refractivity contribution in [2.75, 3.05) is 6.61 Å². The summed E-state index contributed by atoms with van der Waals surface area (Å²) in [5, 5.41) is 13.0. The second-order valence-corrected chi connectivity index (χ2v) is 11.1. The highest BCUT2D eigenvalue weighted by Crippen LogP contribution is 2.37. The molecule has 2 aromatic carbocycles. The molecule has 1 amide bonds. The van der Waals surface area contributed by atoms with Crippen LogP contribution in [0.2, 0.25) is 0 Å². The fourth-order valence-corrected chi connectivity index (χ4v) is 5.00. The topological polar surface area (TPSA) is 177 Å². The second-order valence-electron chi connectivity index (χ2n) is 11.1. The van der Waals surface area contributed by atoms with E-state index in [1.165, 1.54) is 6.92 Å². The van der Waals surface area contributed by atoms with Gasteiger partial charge >= 0.3 is 23.9 Å². The van der Waals surface area contributed by atoms with E-state index in [9.17, 15) is 29.1 Å². The van der Waals surface area contributed by atoms with Gasteiger partial charge in [0.2, 0.25) is 0 Å². The van der Waals surface area contributed by atoms with Crippen LogP contribution in [0.3, 0.4) is 0 Å². The molecular weight excluding hydrogens is 600 g/mol. The van der Waals surface area contributed by atoms with Crippen LogP contribution in [0.4, 0.5) is 0 Å².